The van der Waals surface area contributed by atoms with Crippen LogP contribution in [0.4, 0.5) is 17.1 Å². The molecule has 0 saturated carbocycles. The van der Waals surface area contributed by atoms with Crippen LogP contribution in [-0.2, 0) is 31.3 Å². The number of piperidine rings is 1. The number of carbonyl (C=O) groups is 3. The van der Waals surface area contributed by atoms with E-state index in [1.54, 1.807) is 23.0 Å². The van der Waals surface area contributed by atoms with Crippen LogP contribution >= 0.6 is 0 Å². The highest BCUT2D eigenvalue weighted by Crippen LogP contribution is 2.60. The lowest BCUT2D eigenvalue weighted by molar-refractivity contribution is -0.149. The third-order valence-electron chi connectivity index (χ3n) is 13.7. The van der Waals surface area contributed by atoms with Crippen LogP contribution in [0, 0.1) is 5.92 Å². The van der Waals surface area contributed by atoms with Crippen LogP contribution < -0.4 is 29.9 Å². The second kappa shape index (κ2) is 16.6. The van der Waals surface area contributed by atoms with Crippen molar-refractivity contribution in [2.45, 2.75) is 68.6 Å². The largest absolute Gasteiger partial charge is 0.497 e. The maximum atomic E-state index is 15.3. The van der Waals surface area contributed by atoms with E-state index in [1.165, 1.54) is 0 Å². The van der Waals surface area contributed by atoms with Crippen molar-refractivity contribution < 1.29 is 29.0 Å². The summed E-state index contributed by atoms with van der Waals surface area (Å²) in [6.45, 7) is 13.2. The van der Waals surface area contributed by atoms with Gasteiger partial charge in [-0.1, -0.05) is 91.9 Å². The molecule has 4 atom stereocenters. The summed E-state index contributed by atoms with van der Waals surface area (Å²) < 4.78 is 12.9. The lowest BCUT2D eigenvalue weighted by Crippen LogP contribution is -2.55. The van der Waals surface area contributed by atoms with E-state index in [9.17, 15) is 14.7 Å². The van der Waals surface area contributed by atoms with Gasteiger partial charge in [-0.15, -0.1) is 6.58 Å². The number of nitrogens with zero attached hydrogens (tertiary/aromatic N) is 4. The number of amides is 3. The maximum Gasteiger partial charge on any atom is 0.264 e. The second-order valence-corrected chi connectivity index (χ2v) is 21.9. The van der Waals surface area contributed by atoms with E-state index in [1.807, 2.05) is 83.8 Å². The molecule has 8 rings (SSSR count). The molecule has 0 bridgehead atoms. The van der Waals surface area contributed by atoms with Gasteiger partial charge < -0.3 is 34.6 Å². The fourth-order valence-corrected chi connectivity index (χ4v) is 14.7. The molecule has 4 aliphatic heterocycles. The maximum absolute atomic E-state index is 15.3. The van der Waals surface area contributed by atoms with Gasteiger partial charge in [0.1, 0.15) is 11.3 Å². The van der Waals surface area contributed by atoms with Gasteiger partial charge >= 0.3 is 0 Å². The van der Waals surface area contributed by atoms with Crippen molar-refractivity contribution in [3.05, 3.63) is 127 Å². The number of aliphatic hydroxyl groups is 1. The summed E-state index contributed by atoms with van der Waals surface area (Å²) in [6.07, 6.45) is 2.49. The van der Waals surface area contributed by atoms with Crippen molar-refractivity contribution >= 4 is 48.0 Å². The monoisotopic (exact) mass is 827 g/mol. The number of fused-ring (bicyclic) bond motifs is 2. The van der Waals surface area contributed by atoms with Crippen LogP contribution in [0.5, 0.6) is 5.75 Å². The number of methoxy groups -OCH3 is 1. The SMILES string of the molecule is C=CCN1C(=O)[C@@]2(O[C@@H](CC(=O)N(CCO)Cc3ccccc3)[C@H]([Si](C)(C)c3ccc(OC)cc3)[C@H]2C)c2cc(N3CN(c4ccccc4)C4(CCNCC4)C3=O)ccc21. The molecule has 0 unspecified atom stereocenters. The summed E-state index contributed by atoms with van der Waals surface area (Å²) in [6, 6.07) is 34.0. The van der Waals surface area contributed by atoms with Crippen molar-refractivity contribution in [3.8, 4) is 5.75 Å². The van der Waals surface area contributed by atoms with E-state index in [2.05, 4.69) is 61.1 Å². The van der Waals surface area contributed by atoms with E-state index in [4.69, 9.17) is 9.47 Å². The summed E-state index contributed by atoms with van der Waals surface area (Å²) in [5.41, 5.74) is 1.77. The Bertz CT molecular complexity index is 2220. The molecule has 314 valence electrons. The summed E-state index contributed by atoms with van der Waals surface area (Å²) in [5, 5.41) is 14.7. The number of rotatable bonds is 13. The van der Waals surface area contributed by atoms with E-state index in [0.717, 1.165) is 41.0 Å². The number of para-hydroxylation sites is 1. The first-order valence-electron chi connectivity index (χ1n) is 21.2. The molecule has 0 aliphatic carbocycles. The molecule has 2 spiro atoms. The minimum Gasteiger partial charge on any atom is -0.497 e. The summed E-state index contributed by atoms with van der Waals surface area (Å²) in [7, 11) is -0.930. The Morgan fingerprint density at radius 2 is 1.65 bits per heavy atom. The molecular weight excluding hydrogens is 771 g/mol. The highest BCUT2D eigenvalue weighted by atomic mass is 28.3. The van der Waals surface area contributed by atoms with Gasteiger partial charge in [0, 0.05) is 42.5 Å². The predicted molar refractivity (Wildman–Crippen MR) is 238 cm³/mol. The third kappa shape index (κ3) is 6.93. The normalized spacial score (nSPS) is 23.4. The number of benzene rings is 4. The standard InChI is InChI=1S/C48H57N5O6Si/c1-6-27-51-41-22-17-37(52-33-53(36-15-11-8-12-16-36)47(45(52)56)23-25-49-26-24-47)30-40(41)48(46(51)57)34(2)44(60(4,5)39-20-18-38(58-3)19-21-39)42(59-48)31-43(55)50(28-29-54)32-35-13-9-7-10-14-35/h6-22,30,34,42,44,49,54H,1,23-29,31-33H2,2-5H3/t34-,42+,44-,48+/m1/s1. The minimum atomic E-state index is -2.58. The molecule has 4 aromatic rings. The van der Waals surface area contributed by atoms with E-state index < -0.39 is 25.3 Å². The molecule has 12 heteroatoms. The Morgan fingerprint density at radius 1 is 0.967 bits per heavy atom. The van der Waals surface area contributed by atoms with Crippen LogP contribution in [0.15, 0.2) is 116 Å². The molecule has 4 aliphatic rings. The Kier molecular flexibility index (Phi) is 11.5. The van der Waals surface area contributed by atoms with Gasteiger partial charge in [0.25, 0.3) is 11.8 Å². The number of nitrogens with one attached hydrogen (secondary N) is 1. The molecule has 0 aromatic heterocycles. The predicted octanol–water partition coefficient (Wildman–Crippen LogP) is 5.79. The van der Waals surface area contributed by atoms with E-state index in [0.29, 0.717) is 37.3 Å². The highest BCUT2D eigenvalue weighted by Gasteiger charge is 2.67. The van der Waals surface area contributed by atoms with Gasteiger partial charge in [0.2, 0.25) is 5.91 Å². The smallest absolute Gasteiger partial charge is 0.264 e. The Morgan fingerprint density at radius 3 is 2.30 bits per heavy atom. The topological polar surface area (TPSA) is 115 Å². The van der Waals surface area contributed by atoms with Crippen molar-refractivity contribution in [3.63, 3.8) is 0 Å². The number of ether oxygens (including phenoxy) is 2. The number of hydrogen-bond donors (Lipinski definition) is 2. The third-order valence-corrected chi connectivity index (χ3v) is 18.1. The molecule has 60 heavy (non-hydrogen) atoms. The molecule has 3 amide bonds. The fourth-order valence-electron chi connectivity index (χ4n) is 10.7. The van der Waals surface area contributed by atoms with Crippen LogP contribution in [-0.4, -0.2) is 94.0 Å². The summed E-state index contributed by atoms with van der Waals surface area (Å²) in [5.74, 6) is 0.105. The van der Waals surface area contributed by atoms with Crippen LogP contribution in [0.2, 0.25) is 18.6 Å². The molecule has 2 N–H and O–H groups in total. The van der Waals surface area contributed by atoms with Gasteiger partial charge in [0.15, 0.2) is 5.60 Å². The fraction of sp³-hybridized carbons (Fsp3) is 0.396. The zero-order valence-electron chi connectivity index (χ0n) is 35.2. The molecule has 11 nitrogen and oxygen atoms in total. The van der Waals surface area contributed by atoms with Gasteiger partial charge in [-0.25, -0.2) is 0 Å². The van der Waals surface area contributed by atoms with Gasteiger partial charge in [0.05, 0.1) is 46.7 Å². The molecule has 4 aromatic carbocycles. The van der Waals surface area contributed by atoms with Gasteiger partial charge in [-0.3, -0.25) is 19.3 Å². The van der Waals surface area contributed by atoms with E-state index in [-0.39, 0.29) is 55.3 Å². The molecule has 4 heterocycles. The first-order valence-corrected chi connectivity index (χ1v) is 24.3. The van der Waals surface area contributed by atoms with Gasteiger partial charge in [-0.05, 0) is 79.5 Å². The van der Waals surface area contributed by atoms with Crippen LogP contribution in [0.3, 0.4) is 0 Å². The first-order chi connectivity index (χ1) is 29.0. The number of aliphatic hydroxyl groups excluding tert-OH is 1. The highest BCUT2D eigenvalue weighted by molar-refractivity contribution is 6.91. The number of carbonyl (C=O) groups excluding carboxylic acids is 3. The summed E-state index contributed by atoms with van der Waals surface area (Å²) >= 11 is 0. The lowest BCUT2D eigenvalue weighted by Gasteiger charge is -2.39. The van der Waals surface area contributed by atoms with Crippen molar-refractivity contribution in [2.75, 3.05) is 61.3 Å². The minimum absolute atomic E-state index is 0.0349. The van der Waals surface area contributed by atoms with Crippen molar-refractivity contribution in [1.82, 2.24) is 10.2 Å². The van der Waals surface area contributed by atoms with Gasteiger partial charge in [-0.2, -0.15) is 0 Å². The molecule has 0 radical (unpaired) electrons. The second-order valence-electron chi connectivity index (χ2n) is 17.2. The summed E-state index contributed by atoms with van der Waals surface area (Å²) in [4.78, 5) is 52.2. The average molecular weight is 828 g/mol. The zero-order valence-corrected chi connectivity index (χ0v) is 36.2. The number of anilines is 3. The van der Waals surface area contributed by atoms with Crippen LogP contribution in [0.1, 0.15) is 37.3 Å². The van der Waals surface area contributed by atoms with Crippen LogP contribution in [0.25, 0.3) is 0 Å². The zero-order chi connectivity index (χ0) is 42.2. The molecule has 3 saturated heterocycles. The van der Waals surface area contributed by atoms with Crippen molar-refractivity contribution in [1.29, 1.82) is 0 Å². The number of hydrogen-bond acceptors (Lipinski definition) is 8. The Hall–Kier alpha value is -5.27. The molecule has 3 fully saturated rings. The first kappa shape index (κ1) is 41.5. The van der Waals surface area contributed by atoms with E-state index >= 15 is 4.79 Å². The Balaban J connectivity index is 1.22. The van der Waals surface area contributed by atoms with Crippen molar-refractivity contribution in [2.24, 2.45) is 5.92 Å². The quantitative estimate of drug-likeness (QED) is 0.129. The average Bonchev–Trinajstić information content (AvgIpc) is 3.81. The lowest BCUT2D eigenvalue weighted by atomic mass is 9.82. The molecular formula is C48H57N5O6Si. The Labute approximate surface area is 354 Å².